The number of nitrogens with zero attached hydrogens (tertiary/aromatic N) is 1. The van der Waals surface area contributed by atoms with Crippen molar-refractivity contribution >= 4 is 12.1 Å². The third-order valence-electron chi connectivity index (χ3n) is 4.47. The van der Waals surface area contributed by atoms with E-state index in [2.05, 4.69) is 52.1 Å². The molecule has 3 N–H and O–H groups in total. The number of alkyl carbamates (subject to hydrolysis) is 1. The summed E-state index contributed by atoms with van der Waals surface area (Å²) in [6.45, 7) is 9.62. The Hall–Kier alpha value is -2.24. The zero-order valence-corrected chi connectivity index (χ0v) is 16.6. The molecule has 0 spiro atoms. The van der Waals surface area contributed by atoms with Crippen molar-refractivity contribution in [3.05, 3.63) is 35.4 Å². The zero-order valence-electron chi connectivity index (χ0n) is 16.6. The molecule has 26 heavy (non-hydrogen) atoms. The number of guanidine groups is 1. The van der Waals surface area contributed by atoms with Crippen LogP contribution in [0.3, 0.4) is 0 Å². The normalized spacial score (nSPS) is 16.0. The Balaban J connectivity index is 1.74. The Kier molecular flexibility index (Phi) is 6.51. The largest absolute Gasteiger partial charge is 0.444 e. The lowest BCUT2D eigenvalue weighted by atomic mass is 9.92. The van der Waals surface area contributed by atoms with Gasteiger partial charge >= 0.3 is 6.09 Å². The molecule has 1 aliphatic rings. The van der Waals surface area contributed by atoms with Crippen molar-refractivity contribution in [2.45, 2.75) is 51.6 Å². The summed E-state index contributed by atoms with van der Waals surface area (Å²) in [5.74, 6) is 0.746. The smallest absolute Gasteiger partial charge is 0.407 e. The van der Waals surface area contributed by atoms with E-state index in [9.17, 15) is 4.79 Å². The van der Waals surface area contributed by atoms with Gasteiger partial charge in [-0.2, -0.15) is 0 Å². The first-order chi connectivity index (χ1) is 12.3. The second-order valence-corrected chi connectivity index (χ2v) is 7.88. The Labute approximate surface area is 156 Å². The maximum atomic E-state index is 11.6. The molecule has 0 saturated heterocycles. The van der Waals surface area contributed by atoms with E-state index in [1.54, 1.807) is 7.05 Å². The fourth-order valence-electron chi connectivity index (χ4n) is 2.99. The monoisotopic (exact) mass is 360 g/mol. The van der Waals surface area contributed by atoms with Crippen LogP contribution in [0.1, 0.15) is 44.7 Å². The quantitative estimate of drug-likeness (QED) is 0.414. The summed E-state index contributed by atoms with van der Waals surface area (Å²) in [4.78, 5) is 15.9. The van der Waals surface area contributed by atoms with E-state index in [4.69, 9.17) is 4.74 Å². The number of nitrogens with one attached hydrogen (secondary N) is 3. The van der Waals surface area contributed by atoms with Crippen LogP contribution in [0, 0.1) is 6.92 Å². The van der Waals surface area contributed by atoms with Gasteiger partial charge in [0.05, 0.1) is 0 Å². The molecule has 1 aliphatic carbocycles. The van der Waals surface area contributed by atoms with Crippen LogP contribution in [0.4, 0.5) is 4.79 Å². The highest BCUT2D eigenvalue weighted by atomic mass is 16.6. The standard InChI is InChI=1S/C20H32N4O2/c1-15-8-6-7-9-16(15)20(10-11-20)14-24-17(21-5)22-12-13-23-18(25)26-19(2,3)4/h6-9H,10-14H2,1-5H3,(H,23,25)(H2,21,22,24). The van der Waals surface area contributed by atoms with Crippen LogP contribution in [0.15, 0.2) is 29.3 Å². The fraction of sp³-hybridized carbons (Fsp3) is 0.600. The number of benzene rings is 1. The van der Waals surface area contributed by atoms with Crippen LogP contribution < -0.4 is 16.0 Å². The summed E-state index contributed by atoms with van der Waals surface area (Å²) in [5.41, 5.74) is 2.51. The van der Waals surface area contributed by atoms with Gasteiger partial charge in [-0.05, 0) is 51.7 Å². The maximum Gasteiger partial charge on any atom is 0.407 e. The summed E-state index contributed by atoms with van der Waals surface area (Å²) in [7, 11) is 1.75. The lowest BCUT2D eigenvalue weighted by Gasteiger charge is -2.21. The van der Waals surface area contributed by atoms with Crippen LogP contribution in [-0.4, -0.2) is 44.3 Å². The van der Waals surface area contributed by atoms with E-state index in [1.807, 2.05) is 20.8 Å². The highest BCUT2D eigenvalue weighted by molar-refractivity contribution is 5.80. The number of aryl methyl sites for hydroxylation is 1. The van der Waals surface area contributed by atoms with Gasteiger partial charge in [0.25, 0.3) is 0 Å². The molecule has 0 aliphatic heterocycles. The van der Waals surface area contributed by atoms with Crippen molar-refractivity contribution in [3.8, 4) is 0 Å². The number of aliphatic imine (C=N–C) groups is 1. The molecule has 2 rings (SSSR count). The lowest BCUT2D eigenvalue weighted by molar-refractivity contribution is 0.0529. The lowest BCUT2D eigenvalue weighted by Crippen LogP contribution is -2.44. The van der Waals surface area contributed by atoms with Crippen molar-refractivity contribution in [2.24, 2.45) is 4.99 Å². The van der Waals surface area contributed by atoms with Crippen molar-refractivity contribution < 1.29 is 9.53 Å². The van der Waals surface area contributed by atoms with Gasteiger partial charge < -0.3 is 20.7 Å². The highest BCUT2D eigenvalue weighted by Gasteiger charge is 2.44. The number of hydrogen-bond donors (Lipinski definition) is 3. The first-order valence-electron chi connectivity index (χ1n) is 9.23. The van der Waals surface area contributed by atoms with Gasteiger partial charge in [0.2, 0.25) is 0 Å². The molecule has 6 heteroatoms. The molecule has 1 aromatic rings. The minimum atomic E-state index is -0.483. The Morgan fingerprint density at radius 2 is 1.81 bits per heavy atom. The molecule has 1 aromatic carbocycles. The zero-order chi connectivity index (χ0) is 19.2. The van der Waals surface area contributed by atoms with E-state index in [0.29, 0.717) is 13.1 Å². The number of ether oxygens (including phenoxy) is 1. The Morgan fingerprint density at radius 1 is 1.15 bits per heavy atom. The van der Waals surface area contributed by atoms with E-state index < -0.39 is 11.7 Å². The average molecular weight is 361 g/mol. The molecular formula is C20H32N4O2. The number of amides is 1. The first-order valence-corrected chi connectivity index (χ1v) is 9.23. The minimum Gasteiger partial charge on any atom is -0.444 e. The van der Waals surface area contributed by atoms with Crippen molar-refractivity contribution in [3.63, 3.8) is 0 Å². The van der Waals surface area contributed by atoms with Gasteiger partial charge in [-0.25, -0.2) is 4.79 Å². The molecule has 0 bridgehead atoms. The van der Waals surface area contributed by atoms with Gasteiger partial charge in [-0.3, -0.25) is 4.99 Å². The number of hydrogen-bond acceptors (Lipinski definition) is 3. The molecule has 1 amide bonds. The van der Waals surface area contributed by atoms with E-state index in [-0.39, 0.29) is 5.41 Å². The third kappa shape index (κ3) is 5.93. The predicted octanol–water partition coefficient (Wildman–Crippen LogP) is 2.72. The van der Waals surface area contributed by atoms with E-state index >= 15 is 0 Å². The molecule has 0 heterocycles. The molecule has 6 nitrogen and oxygen atoms in total. The summed E-state index contributed by atoms with van der Waals surface area (Å²) in [6.07, 6.45) is 1.99. The second kappa shape index (κ2) is 8.43. The van der Waals surface area contributed by atoms with Gasteiger partial charge in [0.15, 0.2) is 5.96 Å². The molecular weight excluding hydrogens is 328 g/mol. The van der Waals surface area contributed by atoms with E-state index in [1.165, 1.54) is 24.0 Å². The van der Waals surface area contributed by atoms with Gasteiger partial charge in [0.1, 0.15) is 5.60 Å². The number of rotatable bonds is 6. The van der Waals surface area contributed by atoms with Crippen molar-refractivity contribution in [1.29, 1.82) is 0 Å². The molecule has 1 fully saturated rings. The molecule has 0 radical (unpaired) electrons. The summed E-state index contributed by atoms with van der Waals surface area (Å²) >= 11 is 0. The topological polar surface area (TPSA) is 74.8 Å². The summed E-state index contributed by atoms with van der Waals surface area (Å²) in [5, 5.41) is 9.37. The highest BCUT2D eigenvalue weighted by Crippen LogP contribution is 2.48. The number of carbonyl (C=O) groups is 1. The molecule has 0 atom stereocenters. The number of carbonyl (C=O) groups excluding carboxylic acids is 1. The third-order valence-corrected chi connectivity index (χ3v) is 4.47. The van der Waals surface area contributed by atoms with Crippen LogP contribution in [0.5, 0.6) is 0 Å². The minimum absolute atomic E-state index is 0.220. The molecule has 0 aromatic heterocycles. The Morgan fingerprint density at radius 3 is 2.38 bits per heavy atom. The fourth-order valence-corrected chi connectivity index (χ4v) is 2.99. The van der Waals surface area contributed by atoms with Crippen LogP contribution in [-0.2, 0) is 10.2 Å². The van der Waals surface area contributed by atoms with Gasteiger partial charge in [0, 0.05) is 32.1 Å². The van der Waals surface area contributed by atoms with Crippen molar-refractivity contribution in [2.75, 3.05) is 26.7 Å². The van der Waals surface area contributed by atoms with Crippen LogP contribution in [0.25, 0.3) is 0 Å². The molecule has 1 saturated carbocycles. The van der Waals surface area contributed by atoms with Gasteiger partial charge in [-0.15, -0.1) is 0 Å². The second-order valence-electron chi connectivity index (χ2n) is 7.88. The average Bonchev–Trinajstić information content (AvgIpc) is 3.34. The van der Waals surface area contributed by atoms with E-state index in [0.717, 1.165) is 12.5 Å². The first kappa shape index (κ1) is 20.1. The van der Waals surface area contributed by atoms with Crippen LogP contribution in [0.2, 0.25) is 0 Å². The van der Waals surface area contributed by atoms with Crippen LogP contribution >= 0.6 is 0 Å². The van der Waals surface area contributed by atoms with Crippen molar-refractivity contribution in [1.82, 2.24) is 16.0 Å². The Bertz CT molecular complexity index is 645. The summed E-state index contributed by atoms with van der Waals surface area (Å²) in [6, 6.07) is 8.59. The van der Waals surface area contributed by atoms with Gasteiger partial charge in [-0.1, -0.05) is 24.3 Å². The SMILES string of the molecule is CN=C(NCCNC(=O)OC(C)(C)C)NCC1(c2ccccc2C)CC1. The molecule has 0 unspecified atom stereocenters. The maximum absolute atomic E-state index is 11.6. The summed E-state index contributed by atoms with van der Waals surface area (Å²) < 4.78 is 5.21. The predicted molar refractivity (Wildman–Crippen MR) is 106 cm³/mol. The molecule has 144 valence electrons.